The molecule has 21 heavy (non-hydrogen) atoms. The fraction of sp³-hybridized carbons (Fsp3) is 0.667. The zero-order valence-corrected chi connectivity index (χ0v) is 13.4. The van der Waals surface area contributed by atoms with E-state index in [1.807, 2.05) is 0 Å². The third kappa shape index (κ3) is 2.32. The van der Waals surface area contributed by atoms with Crippen LogP contribution in [0.4, 0.5) is 0 Å². The highest BCUT2D eigenvalue weighted by Gasteiger charge is 2.52. The van der Waals surface area contributed by atoms with Gasteiger partial charge in [-0.15, -0.1) is 0 Å². The Morgan fingerprint density at radius 1 is 1.10 bits per heavy atom. The maximum atomic E-state index is 5.75. The maximum absolute atomic E-state index is 5.75. The van der Waals surface area contributed by atoms with Gasteiger partial charge < -0.3 is 14.8 Å². The second-order valence-electron chi connectivity index (χ2n) is 6.24. The van der Waals surface area contributed by atoms with Crippen molar-refractivity contribution in [1.29, 1.82) is 0 Å². The van der Waals surface area contributed by atoms with Crippen molar-refractivity contribution in [3.05, 3.63) is 23.8 Å². The molecule has 1 saturated carbocycles. The SMILES string of the molecule is CCNC1CC(c2ccc3c(c2)OCCO3)C1(CC)CC. The van der Waals surface area contributed by atoms with E-state index >= 15 is 0 Å². The summed E-state index contributed by atoms with van der Waals surface area (Å²) in [4.78, 5) is 0. The van der Waals surface area contributed by atoms with E-state index < -0.39 is 0 Å². The normalized spacial score (nSPS) is 26.2. The highest BCUT2D eigenvalue weighted by Crippen LogP contribution is 2.57. The molecule has 0 spiro atoms. The van der Waals surface area contributed by atoms with E-state index in [4.69, 9.17) is 9.47 Å². The number of hydrogen-bond donors (Lipinski definition) is 1. The van der Waals surface area contributed by atoms with Crippen molar-refractivity contribution in [3.63, 3.8) is 0 Å². The van der Waals surface area contributed by atoms with Crippen LogP contribution in [0.25, 0.3) is 0 Å². The van der Waals surface area contributed by atoms with Crippen LogP contribution in [0.3, 0.4) is 0 Å². The highest BCUT2D eigenvalue weighted by molar-refractivity contribution is 5.46. The largest absolute Gasteiger partial charge is 0.486 e. The second-order valence-corrected chi connectivity index (χ2v) is 6.24. The van der Waals surface area contributed by atoms with Gasteiger partial charge >= 0.3 is 0 Å². The van der Waals surface area contributed by atoms with Crippen molar-refractivity contribution in [2.24, 2.45) is 5.41 Å². The average Bonchev–Trinajstić information content (AvgIpc) is 2.52. The van der Waals surface area contributed by atoms with E-state index in [0.717, 1.165) is 18.0 Å². The Kier molecular flexibility index (Phi) is 4.12. The fourth-order valence-electron chi connectivity index (χ4n) is 4.30. The van der Waals surface area contributed by atoms with Crippen molar-refractivity contribution < 1.29 is 9.47 Å². The van der Waals surface area contributed by atoms with Crippen molar-refractivity contribution in [2.45, 2.75) is 52.0 Å². The third-order valence-electron chi connectivity index (χ3n) is 5.59. The van der Waals surface area contributed by atoms with Crippen LogP contribution >= 0.6 is 0 Å². The lowest BCUT2D eigenvalue weighted by molar-refractivity contribution is 0.0208. The van der Waals surface area contributed by atoms with Gasteiger partial charge in [0.1, 0.15) is 13.2 Å². The molecule has 2 unspecified atom stereocenters. The van der Waals surface area contributed by atoms with E-state index in [9.17, 15) is 0 Å². The van der Waals surface area contributed by atoms with E-state index in [1.165, 1.54) is 24.8 Å². The highest BCUT2D eigenvalue weighted by atomic mass is 16.6. The predicted molar refractivity (Wildman–Crippen MR) is 85.3 cm³/mol. The van der Waals surface area contributed by atoms with Crippen LogP contribution in [-0.2, 0) is 0 Å². The van der Waals surface area contributed by atoms with Gasteiger partial charge in [-0.05, 0) is 54.8 Å². The quantitative estimate of drug-likeness (QED) is 0.896. The topological polar surface area (TPSA) is 30.5 Å². The van der Waals surface area contributed by atoms with Gasteiger partial charge in [0.15, 0.2) is 11.5 Å². The second kappa shape index (κ2) is 5.88. The third-order valence-corrected chi connectivity index (χ3v) is 5.59. The van der Waals surface area contributed by atoms with Crippen molar-refractivity contribution in [3.8, 4) is 11.5 Å². The van der Waals surface area contributed by atoms with Crippen LogP contribution in [0, 0.1) is 5.41 Å². The van der Waals surface area contributed by atoms with Crippen LogP contribution < -0.4 is 14.8 Å². The van der Waals surface area contributed by atoms with Gasteiger partial charge in [0.05, 0.1) is 0 Å². The Bertz CT molecular complexity index is 496. The zero-order chi connectivity index (χ0) is 14.9. The van der Waals surface area contributed by atoms with Crippen molar-refractivity contribution >= 4 is 0 Å². The Balaban J connectivity index is 1.86. The number of ether oxygens (including phenoxy) is 2. The van der Waals surface area contributed by atoms with E-state index in [1.54, 1.807) is 0 Å². The lowest BCUT2D eigenvalue weighted by atomic mass is 9.52. The smallest absolute Gasteiger partial charge is 0.161 e. The van der Waals surface area contributed by atoms with Crippen LogP contribution in [0.1, 0.15) is 51.5 Å². The standard InChI is InChI=1S/C18H27NO2/c1-4-18(5-2)14(12-17(18)19-6-3)13-7-8-15-16(11-13)21-10-9-20-15/h7-8,11,14,17,19H,4-6,9-10,12H2,1-3H3. The number of hydrogen-bond acceptors (Lipinski definition) is 3. The number of benzene rings is 1. The number of nitrogens with one attached hydrogen (secondary N) is 1. The molecule has 1 aromatic carbocycles. The average molecular weight is 289 g/mol. The number of rotatable bonds is 5. The Hall–Kier alpha value is -1.22. The summed E-state index contributed by atoms with van der Waals surface area (Å²) in [5.41, 5.74) is 1.80. The molecule has 1 fully saturated rings. The predicted octanol–water partition coefficient (Wildman–Crippen LogP) is 3.73. The van der Waals surface area contributed by atoms with Gasteiger partial charge in [-0.1, -0.05) is 26.8 Å². The Morgan fingerprint density at radius 2 is 1.81 bits per heavy atom. The summed E-state index contributed by atoms with van der Waals surface area (Å²) in [6.45, 7) is 9.24. The molecule has 0 radical (unpaired) electrons. The van der Waals surface area contributed by atoms with E-state index in [-0.39, 0.29) is 0 Å². The first kappa shape index (κ1) is 14.7. The molecule has 1 aliphatic heterocycles. The minimum Gasteiger partial charge on any atom is -0.486 e. The molecule has 2 aliphatic rings. The monoisotopic (exact) mass is 289 g/mol. The van der Waals surface area contributed by atoms with Gasteiger partial charge in [0.2, 0.25) is 0 Å². The molecule has 1 aromatic rings. The summed E-state index contributed by atoms with van der Waals surface area (Å²) in [6, 6.07) is 7.18. The first-order valence-corrected chi connectivity index (χ1v) is 8.38. The van der Waals surface area contributed by atoms with E-state index in [2.05, 4.69) is 44.3 Å². The molecule has 3 rings (SSSR count). The molecule has 3 nitrogen and oxygen atoms in total. The summed E-state index contributed by atoms with van der Waals surface area (Å²) >= 11 is 0. The summed E-state index contributed by atoms with van der Waals surface area (Å²) in [5.74, 6) is 2.45. The first-order valence-electron chi connectivity index (χ1n) is 8.38. The van der Waals surface area contributed by atoms with Crippen LogP contribution in [0.2, 0.25) is 0 Å². The van der Waals surface area contributed by atoms with Crippen LogP contribution in [0.5, 0.6) is 11.5 Å². The van der Waals surface area contributed by atoms with Gasteiger partial charge in [0, 0.05) is 6.04 Å². The Labute approximate surface area is 128 Å². The van der Waals surface area contributed by atoms with Crippen molar-refractivity contribution in [1.82, 2.24) is 5.32 Å². The van der Waals surface area contributed by atoms with Gasteiger partial charge in [-0.25, -0.2) is 0 Å². The summed E-state index contributed by atoms with van der Waals surface area (Å²) < 4.78 is 11.4. The van der Waals surface area contributed by atoms with E-state index in [0.29, 0.717) is 30.6 Å². The molecule has 0 saturated heterocycles. The van der Waals surface area contributed by atoms with Gasteiger partial charge in [-0.3, -0.25) is 0 Å². The minimum absolute atomic E-state index is 0.389. The molecule has 1 N–H and O–H groups in total. The first-order chi connectivity index (χ1) is 10.2. The fourth-order valence-corrected chi connectivity index (χ4v) is 4.30. The molecule has 0 aromatic heterocycles. The van der Waals surface area contributed by atoms with Crippen LogP contribution in [0.15, 0.2) is 18.2 Å². The lowest BCUT2D eigenvalue weighted by Gasteiger charge is -2.57. The number of fused-ring (bicyclic) bond motifs is 1. The van der Waals surface area contributed by atoms with Gasteiger partial charge in [-0.2, -0.15) is 0 Å². The molecular formula is C18H27NO2. The lowest BCUT2D eigenvalue weighted by Crippen LogP contribution is -2.58. The molecule has 0 amide bonds. The molecule has 3 heteroatoms. The minimum atomic E-state index is 0.389. The zero-order valence-electron chi connectivity index (χ0n) is 13.4. The molecule has 2 atom stereocenters. The van der Waals surface area contributed by atoms with Gasteiger partial charge in [0.25, 0.3) is 0 Å². The summed E-state index contributed by atoms with van der Waals surface area (Å²) in [7, 11) is 0. The van der Waals surface area contributed by atoms with Crippen molar-refractivity contribution in [2.75, 3.05) is 19.8 Å². The summed E-state index contributed by atoms with van der Waals surface area (Å²) in [6.07, 6.45) is 3.68. The maximum Gasteiger partial charge on any atom is 0.161 e. The molecule has 0 bridgehead atoms. The molecule has 1 heterocycles. The Morgan fingerprint density at radius 3 is 2.48 bits per heavy atom. The summed E-state index contributed by atoms with van der Waals surface area (Å²) in [5, 5.41) is 3.68. The molecule has 1 aliphatic carbocycles. The van der Waals surface area contributed by atoms with Crippen LogP contribution in [-0.4, -0.2) is 25.8 Å². The molecular weight excluding hydrogens is 262 g/mol. The molecule has 116 valence electrons.